The number of hydrogen-bond acceptors (Lipinski definition) is 2. The topological polar surface area (TPSA) is 32.3 Å². The normalized spacial score (nSPS) is 32.0. The molecule has 0 bridgehead atoms. The van der Waals surface area contributed by atoms with Gasteiger partial charge in [-0.1, -0.05) is 13.8 Å². The summed E-state index contributed by atoms with van der Waals surface area (Å²) in [5.74, 6) is 0.303. The van der Waals surface area contributed by atoms with Gasteiger partial charge >= 0.3 is 0 Å². The minimum Gasteiger partial charge on any atom is -0.341 e. The molecule has 1 atom stereocenters. The van der Waals surface area contributed by atoms with Crippen molar-refractivity contribution in [3.05, 3.63) is 0 Å². The first-order valence-corrected chi connectivity index (χ1v) is 7.86. The molecule has 1 saturated carbocycles. The molecule has 0 radical (unpaired) electrons. The van der Waals surface area contributed by atoms with Crippen LogP contribution in [-0.2, 0) is 4.79 Å². The van der Waals surface area contributed by atoms with Crippen LogP contribution >= 0.6 is 0 Å². The molecule has 2 fully saturated rings. The number of hydrogen-bond donors (Lipinski definition) is 1. The molecule has 1 aliphatic heterocycles. The zero-order valence-corrected chi connectivity index (χ0v) is 13.1. The minimum atomic E-state index is -0.319. The Morgan fingerprint density at radius 1 is 1.11 bits per heavy atom. The molecule has 0 aromatic heterocycles. The van der Waals surface area contributed by atoms with E-state index in [1.54, 1.807) is 0 Å². The highest BCUT2D eigenvalue weighted by molar-refractivity contribution is 5.86. The fourth-order valence-corrected chi connectivity index (χ4v) is 3.57. The third-order valence-electron chi connectivity index (χ3n) is 5.27. The van der Waals surface area contributed by atoms with E-state index in [2.05, 4.69) is 26.1 Å². The predicted molar refractivity (Wildman–Crippen MR) is 79.1 cm³/mol. The number of nitrogens with zero attached hydrogens (tertiary/aromatic N) is 1. The number of amides is 1. The average molecular weight is 266 g/mol. The Labute approximate surface area is 118 Å². The zero-order valence-electron chi connectivity index (χ0n) is 13.1. The second-order valence-corrected chi connectivity index (χ2v) is 7.53. The van der Waals surface area contributed by atoms with Crippen molar-refractivity contribution in [3.8, 4) is 0 Å². The molecule has 19 heavy (non-hydrogen) atoms. The zero-order chi connectivity index (χ0) is 14.1. The monoisotopic (exact) mass is 266 g/mol. The Bertz CT molecular complexity index is 322. The number of rotatable bonds is 2. The van der Waals surface area contributed by atoms with E-state index in [1.807, 2.05) is 11.9 Å². The Kier molecular flexibility index (Phi) is 4.24. The van der Waals surface area contributed by atoms with E-state index in [4.69, 9.17) is 0 Å². The fourth-order valence-electron chi connectivity index (χ4n) is 3.57. The summed E-state index contributed by atoms with van der Waals surface area (Å²) in [6, 6.07) is 0.445. The Morgan fingerprint density at radius 3 is 2.26 bits per heavy atom. The van der Waals surface area contributed by atoms with E-state index in [-0.39, 0.29) is 5.54 Å². The van der Waals surface area contributed by atoms with Gasteiger partial charge in [-0.05, 0) is 63.8 Å². The van der Waals surface area contributed by atoms with E-state index in [0.717, 1.165) is 25.8 Å². The van der Waals surface area contributed by atoms with Crippen LogP contribution in [0.2, 0.25) is 0 Å². The highest BCUT2D eigenvalue weighted by Gasteiger charge is 2.39. The van der Waals surface area contributed by atoms with Crippen LogP contribution in [0.5, 0.6) is 0 Å². The van der Waals surface area contributed by atoms with E-state index in [9.17, 15) is 4.79 Å². The summed E-state index contributed by atoms with van der Waals surface area (Å²) in [4.78, 5) is 14.8. The smallest absolute Gasteiger partial charge is 0.242 e. The van der Waals surface area contributed by atoms with Crippen LogP contribution in [0, 0.1) is 5.41 Å². The Hall–Kier alpha value is -0.570. The second kappa shape index (κ2) is 5.43. The van der Waals surface area contributed by atoms with Crippen molar-refractivity contribution in [1.82, 2.24) is 10.2 Å². The van der Waals surface area contributed by atoms with Crippen LogP contribution in [0.3, 0.4) is 0 Å². The van der Waals surface area contributed by atoms with Gasteiger partial charge in [-0.25, -0.2) is 0 Å². The van der Waals surface area contributed by atoms with Crippen LogP contribution in [0.25, 0.3) is 0 Å². The van der Waals surface area contributed by atoms with Gasteiger partial charge < -0.3 is 10.2 Å². The summed E-state index contributed by atoms with van der Waals surface area (Å²) >= 11 is 0. The molecule has 2 aliphatic rings. The SMILES string of the molecule is CN(C(=O)C1(C)CCCCN1)C1CCC(C)(C)CC1. The molecule has 2 rings (SSSR count). The van der Waals surface area contributed by atoms with Gasteiger partial charge in [-0.3, -0.25) is 4.79 Å². The molecule has 1 unspecified atom stereocenters. The molecular weight excluding hydrogens is 236 g/mol. The molecule has 1 amide bonds. The third kappa shape index (κ3) is 3.31. The van der Waals surface area contributed by atoms with Gasteiger partial charge in [0.05, 0.1) is 5.54 Å². The van der Waals surface area contributed by atoms with Crippen molar-refractivity contribution in [3.63, 3.8) is 0 Å². The highest BCUT2D eigenvalue weighted by atomic mass is 16.2. The number of carbonyl (C=O) groups excluding carboxylic acids is 1. The molecule has 0 spiro atoms. The molecule has 1 heterocycles. The van der Waals surface area contributed by atoms with E-state index in [0.29, 0.717) is 17.4 Å². The quantitative estimate of drug-likeness (QED) is 0.833. The van der Waals surface area contributed by atoms with Crippen LogP contribution < -0.4 is 5.32 Å². The highest BCUT2D eigenvalue weighted by Crippen LogP contribution is 2.37. The van der Waals surface area contributed by atoms with Gasteiger partial charge in [0.25, 0.3) is 0 Å². The summed E-state index contributed by atoms with van der Waals surface area (Å²) in [6.45, 7) is 7.75. The molecule has 110 valence electrons. The molecule has 0 aromatic rings. The maximum atomic E-state index is 12.7. The van der Waals surface area contributed by atoms with Gasteiger partial charge in [0.1, 0.15) is 0 Å². The van der Waals surface area contributed by atoms with Gasteiger partial charge in [-0.15, -0.1) is 0 Å². The van der Waals surface area contributed by atoms with E-state index < -0.39 is 0 Å². The first-order chi connectivity index (χ1) is 8.84. The predicted octanol–water partition coefficient (Wildman–Crippen LogP) is 2.95. The summed E-state index contributed by atoms with van der Waals surface area (Å²) in [5.41, 5.74) is 0.146. The summed E-state index contributed by atoms with van der Waals surface area (Å²) in [6.07, 6.45) is 8.13. The average Bonchev–Trinajstić information content (AvgIpc) is 2.38. The summed E-state index contributed by atoms with van der Waals surface area (Å²) < 4.78 is 0. The van der Waals surface area contributed by atoms with Crippen molar-refractivity contribution in [2.45, 2.75) is 77.3 Å². The third-order valence-corrected chi connectivity index (χ3v) is 5.27. The Balaban J connectivity index is 1.95. The Morgan fingerprint density at radius 2 is 1.74 bits per heavy atom. The van der Waals surface area contributed by atoms with Crippen molar-refractivity contribution >= 4 is 5.91 Å². The second-order valence-electron chi connectivity index (χ2n) is 7.53. The minimum absolute atomic E-state index is 0.303. The number of piperidine rings is 1. The van der Waals surface area contributed by atoms with Crippen molar-refractivity contribution < 1.29 is 4.79 Å². The van der Waals surface area contributed by atoms with Crippen LogP contribution in [-0.4, -0.2) is 36.0 Å². The van der Waals surface area contributed by atoms with Crippen LogP contribution in [0.15, 0.2) is 0 Å². The summed E-state index contributed by atoms with van der Waals surface area (Å²) in [7, 11) is 2.01. The van der Waals surface area contributed by atoms with Crippen LogP contribution in [0.4, 0.5) is 0 Å². The van der Waals surface area contributed by atoms with Gasteiger partial charge in [-0.2, -0.15) is 0 Å². The molecule has 3 nitrogen and oxygen atoms in total. The first-order valence-electron chi connectivity index (χ1n) is 7.86. The lowest BCUT2D eigenvalue weighted by Crippen LogP contribution is -2.59. The van der Waals surface area contributed by atoms with Crippen molar-refractivity contribution in [2.75, 3.05) is 13.6 Å². The molecule has 1 saturated heterocycles. The molecule has 1 aliphatic carbocycles. The molecule has 1 N–H and O–H groups in total. The van der Waals surface area contributed by atoms with Gasteiger partial charge in [0.2, 0.25) is 5.91 Å². The molecule has 3 heteroatoms. The van der Waals surface area contributed by atoms with Crippen molar-refractivity contribution in [2.24, 2.45) is 5.41 Å². The van der Waals surface area contributed by atoms with Crippen molar-refractivity contribution in [1.29, 1.82) is 0 Å². The standard InChI is InChI=1S/C16H30N2O/c1-15(2)10-7-13(8-11-15)18(4)14(19)16(3)9-5-6-12-17-16/h13,17H,5-12H2,1-4H3. The lowest BCUT2D eigenvalue weighted by molar-refractivity contribution is -0.140. The number of likely N-dealkylation sites (N-methyl/N-ethyl adjacent to an activating group) is 1. The molecule has 0 aromatic carbocycles. The maximum Gasteiger partial charge on any atom is 0.242 e. The lowest BCUT2D eigenvalue weighted by Gasteiger charge is -2.43. The number of nitrogens with one attached hydrogen (secondary N) is 1. The van der Waals surface area contributed by atoms with Gasteiger partial charge in [0, 0.05) is 13.1 Å². The van der Waals surface area contributed by atoms with E-state index in [1.165, 1.54) is 25.7 Å². The van der Waals surface area contributed by atoms with Crippen LogP contribution in [0.1, 0.15) is 65.7 Å². The largest absolute Gasteiger partial charge is 0.341 e. The summed E-state index contributed by atoms with van der Waals surface area (Å²) in [5, 5.41) is 3.44. The lowest BCUT2D eigenvalue weighted by atomic mass is 9.75. The maximum absolute atomic E-state index is 12.7. The van der Waals surface area contributed by atoms with Gasteiger partial charge in [0.15, 0.2) is 0 Å². The van der Waals surface area contributed by atoms with E-state index >= 15 is 0 Å². The first kappa shape index (κ1) is 14.8. The number of carbonyl (C=O) groups is 1. The fraction of sp³-hybridized carbons (Fsp3) is 0.938. The molecular formula is C16H30N2O.